The molecule has 1 nitrogen and oxygen atoms in total. The van der Waals surface area contributed by atoms with Crippen molar-refractivity contribution < 1.29 is 0 Å². The zero-order valence-corrected chi connectivity index (χ0v) is 13.5. The van der Waals surface area contributed by atoms with Crippen LogP contribution in [0.25, 0.3) is 21.8 Å². The molecule has 19 heavy (non-hydrogen) atoms. The normalized spacial score (nSPS) is 13.2. The number of rotatable bonds is 3. The molecule has 0 saturated carbocycles. The van der Waals surface area contributed by atoms with Gasteiger partial charge in [-0.2, -0.15) is 0 Å². The summed E-state index contributed by atoms with van der Waals surface area (Å²) in [6.07, 6.45) is 2.50. The van der Waals surface area contributed by atoms with E-state index in [1.807, 2.05) is 0 Å². The van der Waals surface area contributed by atoms with Gasteiger partial charge >= 0.3 is 0 Å². The van der Waals surface area contributed by atoms with Crippen LogP contribution in [0.1, 0.15) is 38.2 Å². The second kappa shape index (κ2) is 5.16. The summed E-state index contributed by atoms with van der Waals surface area (Å²) >= 11 is 2.38. The largest absolute Gasteiger partial charge is 0.355 e. The molecule has 0 aliphatic heterocycles. The predicted octanol–water partition coefficient (Wildman–Crippen LogP) is 5.83. The quantitative estimate of drug-likeness (QED) is 0.564. The van der Waals surface area contributed by atoms with Crippen molar-refractivity contribution in [2.24, 2.45) is 0 Å². The molecule has 0 bridgehead atoms. The number of fused-ring (bicyclic) bond motifs is 3. The zero-order chi connectivity index (χ0) is 13.4. The molecule has 3 rings (SSSR count). The van der Waals surface area contributed by atoms with Gasteiger partial charge in [0, 0.05) is 25.4 Å². The van der Waals surface area contributed by atoms with Gasteiger partial charge in [0.05, 0.1) is 0 Å². The summed E-state index contributed by atoms with van der Waals surface area (Å²) in [5.74, 6) is 0.641. The Morgan fingerprint density at radius 3 is 2.47 bits per heavy atom. The molecular formula is C17H18IN. The molecular weight excluding hydrogens is 345 g/mol. The van der Waals surface area contributed by atoms with Crippen molar-refractivity contribution in [2.75, 3.05) is 0 Å². The molecule has 0 spiro atoms. The summed E-state index contributed by atoms with van der Waals surface area (Å²) < 4.78 is 1.29. The highest BCUT2D eigenvalue weighted by molar-refractivity contribution is 14.1. The minimum absolute atomic E-state index is 0.641. The second-order valence-electron chi connectivity index (χ2n) is 5.31. The summed E-state index contributed by atoms with van der Waals surface area (Å²) in [6, 6.07) is 13.4. The Morgan fingerprint density at radius 1 is 1.05 bits per heavy atom. The van der Waals surface area contributed by atoms with Crippen molar-refractivity contribution >= 4 is 44.4 Å². The van der Waals surface area contributed by atoms with E-state index in [2.05, 4.69) is 77.8 Å². The van der Waals surface area contributed by atoms with Gasteiger partial charge in [0.2, 0.25) is 0 Å². The van der Waals surface area contributed by atoms with E-state index in [-0.39, 0.29) is 0 Å². The molecule has 0 aliphatic carbocycles. The molecule has 0 fully saturated rings. The van der Waals surface area contributed by atoms with Crippen LogP contribution in [0.5, 0.6) is 0 Å². The predicted molar refractivity (Wildman–Crippen MR) is 91.8 cm³/mol. The molecule has 1 heterocycles. The number of benzene rings is 2. The van der Waals surface area contributed by atoms with E-state index in [1.54, 1.807) is 0 Å². The number of halogens is 1. The van der Waals surface area contributed by atoms with Crippen LogP contribution >= 0.6 is 22.6 Å². The zero-order valence-electron chi connectivity index (χ0n) is 11.3. The lowest BCUT2D eigenvalue weighted by atomic mass is 9.95. The first-order valence-corrected chi connectivity index (χ1v) is 7.98. The molecule has 2 aromatic carbocycles. The van der Waals surface area contributed by atoms with Crippen molar-refractivity contribution in [2.45, 2.75) is 32.6 Å². The highest BCUT2D eigenvalue weighted by Gasteiger charge is 2.09. The van der Waals surface area contributed by atoms with Crippen LogP contribution in [0.2, 0.25) is 0 Å². The van der Waals surface area contributed by atoms with E-state index in [4.69, 9.17) is 0 Å². The number of aromatic amines is 1. The van der Waals surface area contributed by atoms with Crippen molar-refractivity contribution in [3.05, 3.63) is 45.5 Å². The van der Waals surface area contributed by atoms with E-state index in [0.29, 0.717) is 5.92 Å². The minimum atomic E-state index is 0.641. The highest BCUT2D eigenvalue weighted by atomic mass is 127. The summed E-state index contributed by atoms with van der Waals surface area (Å²) in [4.78, 5) is 3.50. The number of nitrogens with one attached hydrogen (secondary N) is 1. The van der Waals surface area contributed by atoms with Gasteiger partial charge in [-0.3, -0.25) is 0 Å². The Kier molecular flexibility index (Phi) is 3.52. The summed E-state index contributed by atoms with van der Waals surface area (Å²) in [7, 11) is 0. The second-order valence-corrected chi connectivity index (χ2v) is 6.56. The van der Waals surface area contributed by atoms with Crippen LogP contribution < -0.4 is 0 Å². The molecule has 0 radical (unpaired) electrons. The Labute approximate surface area is 127 Å². The van der Waals surface area contributed by atoms with Gasteiger partial charge < -0.3 is 4.98 Å². The molecule has 0 aliphatic rings. The standard InChI is InChI=1S/C17H18IN/c1-3-4-11(2)12-5-7-16-14(9-12)15-10-13(18)6-8-17(15)19-16/h5-11,19H,3-4H2,1-2H3. The first kappa shape index (κ1) is 13.0. The molecule has 3 aromatic rings. The average Bonchev–Trinajstić information content (AvgIpc) is 2.76. The molecule has 98 valence electrons. The smallest absolute Gasteiger partial charge is 0.0465 e. The van der Waals surface area contributed by atoms with E-state index in [0.717, 1.165) is 0 Å². The molecule has 0 saturated heterocycles. The lowest BCUT2D eigenvalue weighted by Crippen LogP contribution is -1.92. The molecule has 1 aromatic heterocycles. The average molecular weight is 363 g/mol. The van der Waals surface area contributed by atoms with Crippen molar-refractivity contribution in [1.82, 2.24) is 4.98 Å². The number of aromatic nitrogens is 1. The lowest BCUT2D eigenvalue weighted by molar-refractivity contribution is 0.665. The Bertz CT molecular complexity index is 727. The fraction of sp³-hybridized carbons (Fsp3) is 0.294. The third-order valence-corrected chi connectivity index (χ3v) is 4.55. The van der Waals surface area contributed by atoms with E-state index in [1.165, 1.54) is 43.8 Å². The summed E-state index contributed by atoms with van der Waals surface area (Å²) in [5, 5.41) is 2.70. The highest BCUT2D eigenvalue weighted by Crippen LogP contribution is 2.30. The maximum Gasteiger partial charge on any atom is 0.0465 e. The van der Waals surface area contributed by atoms with Crippen LogP contribution in [0, 0.1) is 3.57 Å². The van der Waals surface area contributed by atoms with Crippen molar-refractivity contribution in [3.8, 4) is 0 Å². The van der Waals surface area contributed by atoms with E-state index >= 15 is 0 Å². The van der Waals surface area contributed by atoms with Gasteiger partial charge in [-0.15, -0.1) is 0 Å². The van der Waals surface area contributed by atoms with Gasteiger partial charge in [0.25, 0.3) is 0 Å². The van der Waals surface area contributed by atoms with Gasteiger partial charge in [0.1, 0.15) is 0 Å². The molecule has 1 atom stereocenters. The fourth-order valence-electron chi connectivity index (χ4n) is 2.79. The fourth-order valence-corrected chi connectivity index (χ4v) is 3.28. The van der Waals surface area contributed by atoms with Crippen LogP contribution in [-0.2, 0) is 0 Å². The Morgan fingerprint density at radius 2 is 1.74 bits per heavy atom. The van der Waals surface area contributed by atoms with Gasteiger partial charge in [-0.25, -0.2) is 0 Å². The third kappa shape index (κ3) is 2.38. The van der Waals surface area contributed by atoms with Crippen molar-refractivity contribution in [3.63, 3.8) is 0 Å². The monoisotopic (exact) mass is 363 g/mol. The Balaban J connectivity index is 2.20. The minimum Gasteiger partial charge on any atom is -0.355 e. The molecule has 0 amide bonds. The van der Waals surface area contributed by atoms with Crippen LogP contribution in [0.4, 0.5) is 0 Å². The van der Waals surface area contributed by atoms with Gasteiger partial charge in [-0.1, -0.05) is 26.3 Å². The van der Waals surface area contributed by atoms with Gasteiger partial charge in [-0.05, 0) is 70.8 Å². The number of hydrogen-bond acceptors (Lipinski definition) is 0. The first-order valence-electron chi connectivity index (χ1n) is 6.90. The molecule has 1 unspecified atom stereocenters. The summed E-state index contributed by atoms with van der Waals surface area (Å²) in [6.45, 7) is 4.58. The lowest BCUT2D eigenvalue weighted by Gasteiger charge is -2.10. The summed E-state index contributed by atoms with van der Waals surface area (Å²) in [5.41, 5.74) is 3.93. The topological polar surface area (TPSA) is 15.8 Å². The maximum atomic E-state index is 3.50. The first-order chi connectivity index (χ1) is 9.19. The van der Waals surface area contributed by atoms with E-state index < -0.39 is 0 Å². The third-order valence-electron chi connectivity index (χ3n) is 3.88. The van der Waals surface area contributed by atoms with Crippen LogP contribution in [-0.4, -0.2) is 4.98 Å². The SMILES string of the molecule is CCCC(C)c1ccc2[nH]c3ccc(I)cc3c2c1. The Hall–Kier alpha value is -1.03. The van der Waals surface area contributed by atoms with Crippen molar-refractivity contribution in [1.29, 1.82) is 0 Å². The van der Waals surface area contributed by atoms with Crippen LogP contribution in [0.15, 0.2) is 36.4 Å². The molecule has 2 heteroatoms. The van der Waals surface area contributed by atoms with Gasteiger partial charge in [0.15, 0.2) is 0 Å². The maximum absolute atomic E-state index is 3.50. The van der Waals surface area contributed by atoms with Crippen LogP contribution in [0.3, 0.4) is 0 Å². The molecule has 1 N–H and O–H groups in total. The van der Waals surface area contributed by atoms with E-state index in [9.17, 15) is 0 Å². The number of H-pyrrole nitrogens is 1. The number of hydrogen-bond donors (Lipinski definition) is 1.